The van der Waals surface area contributed by atoms with E-state index >= 15 is 0 Å². The average Bonchev–Trinajstić information content (AvgIpc) is 3.44. The molecule has 1 aromatic heterocycles. The van der Waals surface area contributed by atoms with Gasteiger partial charge in [-0.2, -0.15) is 0 Å². The molecule has 0 unspecified atom stereocenters. The largest absolute Gasteiger partial charge is 0.485 e. The fraction of sp³-hybridized carbons (Fsp3) is 0.290. The Morgan fingerprint density at radius 3 is 2.60 bits per heavy atom. The number of rotatable bonds is 7. The number of anilines is 2. The summed E-state index contributed by atoms with van der Waals surface area (Å²) < 4.78 is 20.7. The molecule has 4 amide bonds. The number of amides is 4. The summed E-state index contributed by atoms with van der Waals surface area (Å²) in [6, 6.07) is 16.9. The van der Waals surface area contributed by atoms with Gasteiger partial charge in [-0.05, 0) is 55.5 Å². The van der Waals surface area contributed by atoms with Crippen molar-refractivity contribution < 1.29 is 28.6 Å². The van der Waals surface area contributed by atoms with E-state index in [1.165, 1.54) is 40.5 Å². The lowest BCUT2D eigenvalue weighted by molar-refractivity contribution is 0.0372. The predicted octanol–water partition coefficient (Wildman–Crippen LogP) is 5.07. The second-order valence-electron chi connectivity index (χ2n) is 10.6. The number of hydrogen-bond acceptors (Lipinski definition) is 7. The maximum Gasteiger partial charge on any atom is 0.321 e. The van der Waals surface area contributed by atoms with Crippen LogP contribution in [0.4, 0.5) is 20.6 Å². The number of fused-ring (bicyclic) bond motifs is 2. The van der Waals surface area contributed by atoms with E-state index in [1.54, 1.807) is 37.1 Å². The van der Waals surface area contributed by atoms with E-state index < -0.39 is 29.9 Å². The quantitative estimate of drug-likeness (QED) is 0.270. The number of benzene rings is 3. The summed E-state index contributed by atoms with van der Waals surface area (Å²) in [4.78, 5) is 47.5. The predicted molar refractivity (Wildman–Crippen MR) is 163 cm³/mol. The van der Waals surface area contributed by atoms with Crippen LogP contribution < -0.4 is 15.4 Å². The normalized spacial score (nSPS) is 17.3. The van der Waals surface area contributed by atoms with E-state index in [9.17, 15) is 23.9 Å². The molecule has 5 rings (SSSR count). The van der Waals surface area contributed by atoms with Gasteiger partial charge in [-0.1, -0.05) is 25.1 Å². The number of carbonyl (C=O) groups is 3. The second-order valence-corrected chi connectivity index (χ2v) is 11.6. The number of aromatic nitrogens is 1. The van der Waals surface area contributed by atoms with Gasteiger partial charge in [-0.15, -0.1) is 11.3 Å². The van der Waals surface area contributed by atoms with Gasteiger partial charge in [0, 0.05) is 25.2 Å². The number of hydrogen-bond donors (Lipinski definition) is 3. The SMILES string of the molecule is C[C@@H]1CN([C@@H](C)CO)C(=O)c2cccc(NC(=O)c3nc4ccccc4s3)c2O[C@@H]1CN(C)C(=O)Nc1ccc(F)cc1. The van der Waals surface area contributed by atoms with Crippen molar-refractivity contribution in [3.63, 3.8) is 0 Å². The Bertz CT molecular complexity index is 1610. The van der Waals surface area contributed by atoms with Crippen LogP contribution in [0.25, 0.3) is 10.2 Å². The van der Waals surface area contributed by atoms with Crippen LogP contribution in [0.1, 0.15) is 34.0 Å². The number of halogens is 1. The zero-order valence-electron chi connectivity index (χ0n) is 23.9. The molecule has 1 aliphatic heterocycles. The first-order valence-corrected chi connectivity index (χ1v) is 14.6. The molecule has 224 valence electrons. The summed E-state index contributed by atoms with van der Waals surface area (Å²) >= 11 is 1.25. The average molecular weight is 606 g/mol. The molecule has 0 aliphatic carbocycles. The maximum atomic E-state index is 13.7. The van der Waals surface area contributed by atoms with Crippen molar-refractivity contribution in [2.75, 3.05) is 37.4 Å². The monoisotopic (exact) mass is 605 g/mol. The second kappa shape index (κ2) is 12.8. The topological polar surface area (TPSA) is 124 Å². The number of para-hydroxylation sites is 2. The number of nitrogens with zero attached hydrogens (tertiary/aromatic N) is 3. The summed E-state index contributed by atoms with van der Waals surface area (Å²) in [6.45, 7) is 3.80. The van der Waals surface area contributed by atoms with Gasteiger partial charge in [0.25, 0.3) is 11.8 Å². The Morgan fingerprint density at radius 1 is 1.14 bits per heavy atom. The summed E-state index contributed by atoms with van der Waals surface area (Å²) in [6.07, 6.45) is -0.607. The van der Waals surface area contributed by atoms with E-state index in [0.717, 1.165) is 4.70 Å². The molecular formula is C31H32FN5O5S. The highest BCUT2D eigenvalue weighted by Gasteiger charge is 2.35. The molecule has 12 heteroatoms. The number of carbonyl (C=O) groups excluding carboxylic acids is 3. The van der Waals surface area contributed by atoms with Crippen molar-refractivity contribution in [2.45, 2.75) is 26.0 Å². The van der Waals surface area contributed by atoms with Crippen LogP contribution in [0, 0.1) is 11.7 Å². The van der Waals surface area contributed by atoms with Crippen molar-refractivity contribution in [1.82, 2.24) is 14.8 Å². The van der Waals surface area contributed by atoms with E-state index in [4.69, 9.17) is 4.74 Å². The molecule has 43 heavy (non-hydrogen) atoms. The number of likely N-dealkylation sites (N-methyl/N-ethyl adjacent to an activating group) is 1. The lowest BCUT2D eigenvalue weighted by atomic mass is 9.99. The highest BCUT2D eigenvalue weighted by Crippen LogP contribution is 2.35. The first-order valence-electron chi connectivity index (χ1n) is 13.8. The third-order valence-electron chi connectivity index (χ3n) is 7.32. The zero-order chi connectivity index (χ0) is 30.7. The van der Waals surface area contributed by atoms with Gasteiger partial charge in [0.2, 0.25) is 0 Å². The van der Waals surface area contributed by atoms with Gasteiger partial charge in [0.05, 0.1) is 40.7 Å². The number of urea groups is 1. The fourth-order valence-electron chi connectivity index (χ4n) is 4.81. The fourth-order valence-corrected chi connectivity index (χ4v) is 5.67. The smallest absolute Gasteiger partial charge is 0.321 e. The summed E-state index contributed by atoms with van der Waals surface area (Å²) in [7, 11) is 1.61. The molecule has 0 spiro atoms. The number of thiazole rings is 1. The zero-order valence-corrected chi connectivity index (χ0v) is 24.7. The Hall–Kier alpha value is -4.55. The summed E-state index contributed by atoms with van der Waals surface area (Å²) in [5.74, 6) is -1.32. The molecule has 0 fully saturated rings. The molecule has 4 aromatic rings. The van der Waals surface area contributed by atoms with Crippen LogP contribution in [0.15, 0.2) is 66.7 Å². The minimum Gasteiger partial charge on any atom is -0.485 e. The van der Waals surface area contributed by atoms with Gasteiger partial charge < -0.3 is 30.3 Å². The van der Waals surface area contributed by atoms with E-state index in [2.05, 4.69) is 15.6 Å². The number of aliphatic hydroxyl groups is 1. The van der Waals surface area contributed by atoms with Gasteiger partial charge in [-0.3, -0.25) is 9.59 Å². The molecular weight excluding hydrogens is 573 g/mol. The lowest BCUT2D eigenvalue weighted by Gasteiger charge is -2.38. The Balaban J connectivity index is 1.44. The Morgan fingerprint density at radius 2 is 1.88 bits per heavy atom. The molecule has 0 bridgehead atoms. The van der Waals surface area contributed by atoms with Gasteiger partial charge in [0.1, 0.15) is 11.9 Å². The first kappa shape index (κ1) is 29.9. The molecule has 1 aliphatic rings. The van der Waals surface area contributed by atoms with E-state index in [1.807, 2.05) is 31.2 Å². The van der Waals surface area contributed by atoms with Gasteiger partial charge >= 0.3 is 6.03 Å². The van der Waals surface area contributed by atoms with Crippen molar-refractivity contribution in [3.8, 4) is 5.75 Å². The molecule has 0 saturated heterocycles. The molecule has 2 heterocycles. The Kier molecular flexibility index (Phi) is 8.88. The highest BCUT2D eigenvalue weighted by molar-refractivity contribution is 7.20. The van der Waals surface area contributed by atoms with Gasteiger partial charge in [0.15, 0.2) is 10.8 Å². The van der Waals surface area contributed by atoms with Crippen LogP contribution in [0.3, 0.4) is 0 Å². The molecule has 3 atom stereocenters. The molecule has 0 saturated carbocycles. The van der Waals surface area contributed by atoms with Crippen LogP contribution in [-0.4, -0.2) is 76.6 Å². The first-order chi connectivity index (χ1) is 20.6. The minimum absolute atomic E-state index is 0.128. The van der Waals surface area contributed by atoms with E-state index in [0.29, 0.717) is 11.2 Å². The third kappa shape index (κ3) is 6.60. The lowest BCUT2D eigenvalue weighted by Crippen LogP contribution is -2.50. The van der Waals surface area contributed by atoms with Crippen LogP contribution in [-0.2, 0) is 0 Å². The summed E-state index contributed by atoms with van der Waals surface area (Å²) in [5.41, 5.74) is 1.64. The van der Waals surface area contributed by atoms with Crippen LogP contribution in [0.5, 0.6) is 5.75 Å². The standard InChI is InChI=1S/C31H32FN5O5S/c1-18-15-37(19(2)17-38)30(40)22-7-6-9-24(34-28(39)29-35-23-8-4-5-10-26(23)43-29)27(22)42-25(18)16-36(3)31(41)33-21-13-11-20(32)12-14-21/h4-14,18-19,25,38H,15-17H2,1-3H3,(H,33,41)(H,34,39)/t18-,19+,25-/m1/s1. The van der Waals surface area contributed by atoms with Crippen molar-refractivity contribution in [2.24, 2.45) is 5.92 Å². The number of nitrogens with one attached hydrogen (secondary N) is 2. The third-order valence-corrected chi connectivity index (χ3v) is 8.36. The summed E-state index contributed by atoms with van der Waals surface area (Å²) in [5, 5.41) is 15.8. The molecule has 3 N–H and O–H groups in total. The van der Waals surface area contributed by atoms with Gasteiger partial charge in [-0.25, -0.2) is 14.2 Å². The minimum atomic E-state index is -0.607. The maximum absolute atomic E-state index is 13.7. The van der Waals surface area contributed by atoms with Crippen LogP contribution in [0.2, 0.25) is 0 Å². The molecule has 0 radical (unpaired) electrons. The molecule has 10 nitrogen and oxygen atoms in total. The number of ether oxygens (including phenoxy) is 1. The Labute approximate surface area is 252 Å². The van der Waals surface area contributed by atoms with Crippen molar-refractivity contribution in [1.29, 1.82) is 0 Å². The van der Waals surface area contributed by atoms with Crippen LogP contribution >= 0.6 is 11.3 Å². The van der Waals surface area contributed by atoms with Crippen molar-refractivity contribution >= 4 is 50.8 Å². The molecule has 3 aromatic carbocycles. The van der Waals surface area contributed by atoms with E-state index in [-0.39, 0.29) is 53.5 Å². The van der Waals surface area contributed by atoms with Crippen molar-refractivity contribution in [3.05, 3.63) is 83.1 Å². The highest BCUT2D eigenvalue weighted by atomic mass is 32.1. The number of aliphatic hydroxyl groups excluding tert-OH is 1.